The normalized spacial score (nSPS) is 16.8. The number of carbonyl (C=O) groups is 2. The van der Waals surface area contributed by atoms with Crippen molar-refractivity contribution in [1.82, 2.24) is 10.4 Å². The van der Waals surface area contributed by atoms with Gasteiger partial charge in [-0.05, 0) is 59.9 Å². The molecule has 0 saturated heterocycles. The summed E-state index contributed by atoms with van der Waals surface area (Å²) in [6.07, 6.45) is 3.26. The van der Waals surface area contributed by atoms with Crippen molar-refractivity contribution in [3.63, 3.8) is 0 Å². The number of hydrogen-bond acceptors (Lipinski definition) is 4. The minimum atomic E-state index is -0.683. The zero-order valence-corrected chi connectivity index (χ0v) is 18.0. The summed E-state index contributed by atoms with van der Waals surface area (Å²) in [4.78, 5) is 25.7. The maximum absolute atomic E-state index is 13.2. The quantitative estimate of drug-likeness (QED) is 0.675. The van der Waals surface area contributed by atoms with E-state index in [0.717, 1.165) is 37.7 Å². The van der Waals surface area contributed by atoms with E-state index in [0.29, 0.717) is 0 Å². The fourth-order valence-electron chi connectivity index (χ4n) is 3.55. The number of amides is 2. The first kappa shape index (κ1) is 22.1. The van der Waals surface area contributed by atoms with Crippen LogP contribution in [0.3, 0.4) is 0 Å². The van der Waals surface area contributed by atoms with Crippen molar-refractivity contribution in [2.45, 2.75) is 90.4 Å². The van der Waals surface area contributed by atoms with Gasteiger partial charge in [0.25, 0.3) is 0 Å². The van der Waals surface area contributed by atoms with E-state index in [1.54, 1.807) is 20.8 Å². The number of nitrogens with zero attached hydrogens (tertiary/aromatic N) is 1. The SMILES string of the molecule is CC(C)(C)OC(=O)NN(C(=O)OC(C)(C)C)C1(c2ccccc2)CCCCC1. The third-order valence-corrected chi connectivity index (χ3v) is 4.60. The van der Waals surface area contributed by atoms with Gasteiger partial charge in [0.15, 0.2) is 0 Å². The molecule has 1 N–H and O–H groups in total. The van der Waals surface area contributed by atoms with Crippen LogP contribution in [0.2, 0.25) is 0 Å². The van der Waals surface area contributed by atoms with Gasteiger partial charge in [-0.25, -0.2) is 20.0 Å². The molecule has 1 saturated carbocycles. The van der Waals surface area contributed by atoms with Gasteiger partial charge in [-0.1, -0.05) is 49.6 Å². The van der Waals surface area contributed by atoms with Gasteiger partial charge < -0.3 is 9.47 Å². The van der Waals surface area contributed by atoms with Crippen LogP contribution in [0.5, 0.6) is 0 Å². The molecule has 1 aromatic carbocycles. The first-order valence-electron chi connectivity index (χ1n) is 10.0. The van der Waals surface area contributed by atoms with Crippen molar-refractivity contribution in [3.05, 3.63) is 35.9 Å². The molecule has 0 spiro atoms. The standard InChI is InChI=1S/C22H34N2O4/c1-20(2,3)27-18(25)23-24(19(26)28-21(4,5)6)22(15-11-8-12-16-22)17-13-9-7-10-14-17/h7,9-10,13-14H,8,11-12,15-16H2,1-6H3,(H,23,25). The van der Waals surface area contributed by atoms with Crippen molar-refractivity contribution in [3.8, 4) is 0 Å². The van der Waals surface area contributed by atoms with Crippen molar-refractivity contribution >= 4 is 12.2 Å². The van der Waals surface area contributed by atoms with Gasteiger partial charge >= 0.3 is 12.2 Å². The van der Waals surface area contributed by atoms with Crippen LogP contribution in [0.4, 0.5) is 9.59 Å². The van der Waals surface area contributed by atoms with E-state index in [1.807, 2.05) is 51.1 Å². The molecule has 1 aromatic rings. The van der Waals surface area contributed by atoms with E-state index in [4.69, 9.17) is 9.47 Å². The van der Waals surface area contributed by atoms with Gasteiger partial charge in [0.2, 0.25) is 0 Å². The highest BCUT2D eigenvalue weighted by Crippen LogP contribution is 2.42. The second-order valence-electron chi connectivity index (χ2n) is 9.39. The number of rotatable bonds is 2. The Bertz CT molecular complexity index is 668. The average molecular weight is 391 g/mol. The summed E-state index contributed by atoms with van der Waals surface area (Å²) in [5.41, 5.74) is 1.66. The van der Waals surface area contributed by atoms with Gasteiger partial charge in [-0.3, -0.25) is 0 Å². The molecular formula is C22H34N2O4. The Balaban J connectivity index is 2.44. The highest BCUT2D eigenvalue weighted by molar-refractivity contribution is 5.75. The summed E-state index contributed by atoms with van der Waals surface area (Å²) in [6, 6.07) is 9.84. The summed E-state index contributed by atoms with van der Waals surface area (Å²) in [5, 5.41) is 1.36. The van der Waals surface area contributed by atoms with Crippen LogP contribution >= 0.6 is 0 Å². The lowest BCUT2D eigenvalue weighted by Gasteiger charge is -2.46. The summed E-state index contributed by atoms with van der Waals surface area (Å²) in [5.74, 6) is 0. The maximum Gasteiger partial charge on any atom is 0.430 e. The molecular weight excluding hydrogens is 356 g/mol. The van der Waals surface area contributed by atoms with E-state index in [2.05, 4.69) is 5.43 Å². The van der Waals surface area contributed by atoms with Crippen LogP contribution < -0.4 is 5.43 Å². The Morgan fingerprint density at radius 3 is 1.93 bits per heavy atom. The number of ether oxygens (including phenoxy) is 2. The Labute approximate surface area is 168 Å². The van der Waals surface area contributed by atoms with Crippen LogP contribution in [0, 0.1) is 0 Å². The lowest BCUT2D eigenvalue weighted by molar-refractivity contribution is -0.0440. The average Bonchev–Trinajstić information content (AvgIpc) is 2.58. The minimum Gasteiger partial charge on any atom is -0.443 e. The molecule has 0 aromatic heterocycles. The monoisotopic (exact) mass is 390 g/mol. The van der Waals surface area contributed by atoms with E-state index in [-0.39, 0.29) is 0 Å². The molecule has 1 fully saturated rings. The van der Waals surface area contributed by atoms with Crippen LogP contribution in [-0.4, -0.2) is 28.4 Å². The highest BCUT2D eigenvalue weighted by Gasteiger charge is 2.45. The van der Waals surface area contributed by atoms with E-state index in [9.17, 15) is 9.59 Å². The summed E-state index contributed by atoms with van der Waals surface area (Å²) in [7, 11) is 0. The first-order valence-corrected chi connectivity index (χ1v) is 10.0. The predicted molar refractivity (Wildman–Crippen MR) is 109 cm³/mol. The van der Waals surface area contributed by atoms with Gasteiger partial charge in [0.05, 0.1) is 5.54 Å². The topological polar surface area (TPSA) is 67.9 Å². The minimum absolute atomic E-state index is 0.580. The van der Waals surface area contributed by atoms with Crippen molar-refractivity contribution in [2.75, 3.05) is 0 Å². The molecule has 28 heavy (non-hydrogen) atoms. The Hall–Kier alpha value is -2.24. The van der Waals surface area contributed by atoms with Crippen molar-refractivity contribution in [2.24, 2.45) is 0 Å². The van der Waals surface area contributed by atoms with E-state index >= 15 is 0 Å². The Morgan fingerprint density at radius 2 is 1.43 bits per heavy atom. The Morgan fingerprint density at radius 1 is 0.893 bits per heavy atom. The van der Waals surface area contributed by atoms with E-state index < -0.39 is 28.9 Å². The molecule has 0 atom stereocenters. The molecule has 2 amide bonds. The maximum atomic E-state index is 13.2. The summed E-state index contributed by atoms with van der Waals surface area (Å²) in [6.45, 7) is 10.8. The summed E-state index contributed by atoms with van der Waals surface area (Å²) < 4.78 is 11.1. The highest BCUT2D eigenvalue weighted by atomic mass is 16.6. The fraction of sp³-hybridized carbons (Fsp3) is 0.636. The fourth-order valence-corrected chi connectivity index (χ4v) is 3.55. The molecule has 156 valence electrons. The van der Waals surface area contributed by atoms with Gasteiger partial charge in [-0.15, -0.1) is 0 Å². The van der Waals surface area contributed by atoms with E-state index in [1.165, 1.54) is 5.01 Å². The van der Waals surface area contributed by atoms with Gasteiger partial charge in [-0.2, -0.15) is 0 Å². The second-order valence-corrected chi connectivity index (χ2v) is 9.39. The molecule has 0 unspecified atom stereocenters. The lowest BCUT2D eigenvalue weighted by Crippen LogP contribution is -2.60. The van der Waals surface area contributed by atoms with Crippen LogP contribution in [-0.2, 0) is 15.0 Å². The van der Waals surface area contributed by atoms with Crippen molar-refractivity contribution in [1.29, 1.82) is 0 Å². The first-order chi connectivity index (χ1) is 12.9. The number of hydrogen-bond donors (Lipinski definition) is 1. The lowest BCUT2D eigenvalue weighted by atomic mass is 9.76. The van der Waals surface area contributed by atoms with Gasteiger partial charge in [0, 0.05) is 0 Å². The zero-order chi connectivity index (χ0) is 21.0. The number of benzene rings is 1. The zero-order valence-electron chi connectivity index (χ0n) is 18.0. The second kappa shape index (κ2) is 8.41. The molecule has 1 aliphatic rings. The third-order valence-electron chi connectivity index (χ3n) is 4.60. The van der Waals surface area contributed by atoms with Crippen molar-refractivity contribution < 1.29 is 19.1 Å². The molecule has 6 heteroatoms. The number of nitrogens with one attached hydrogen (secondary N) is 1. The molecule has 0 radical (unpaired) electrons. The summed E-state index contributed by atoms with van der Waals surface area (Å²) >= 11 is 0. The molecule has 0 bridgehead atoms. The molecule has 0 aliphatic heterocycles. The Kier molecular flexibility index (Phi) is 6.63. The molecule has 0 heterocycles. The smallest absolute Gasteiger partial charge is 0.430 e. The predicted octanol–water partition coefficient (Wildman–Crippen LogP) is 5.52. The number of hydrazine groups is 1. The third kappa shape index (κ3) is 5.88. The van der Waals surface area contributed by atoms with Crippen LogP contribution in [0.1, 0.15) is 79.2 Å². The largest absolute Gasteiger partial charge is 0.443 e. The van der Waals surface area contributed by atoms with Crippen LogP contribution in [0.15, 0.2) is 30.3 Å². The molecule has 6 nitrogen and oxygen atoms in total. The number of carbonyl (C=O) groups excluding carboxylic acids is 2. The molecule has 1 aliphatic carbocycles. The molecule has 2 rings (SSSR count). The van der Waals surface area contributed by atoms with Crippen LogP contribution in [0.25, 0.3) is 0 Å². The van der Waals surface area contributed by atoms with Gasteiger partial charge in [0.1, 0.15) is 11.2 Å².